The van der Waals surface area contributed by atoms with E-state index in [4.69, 9.17) is 10.5 Å². The lowest BCUT2D eigenvalue weighted by Crippen LogP contribution is -2.49. The summed E-state index contributed by atoms with van der Waals surface area (Å²) < 4.78 is 5.88. The summed E-state index contributed by atoms with van der Waals surface area (Å²) in [6.07, 6.45) is 5.57. The van der Waals surface area contributed by atoms with Crippen LogP contribution in [0.2, 0.25) is 0 Å². The maximum Gasteiger partial charge on any atom is 0.140 e. The van der Waals surface area contributed by atoms with Gasteiger partial charge < -0.3 is 15.4 Å². The molecule has 2 aliphatic rings. The second-order valence-electron chi connectivity index (χ2n) is 5.57. The third kappa shape index (κ3) is 1.81. The van der Waals surface area contributed by atoms with Crippen LogP contribution in [0.3, 0.4) is 0 Å². The predicted molar refractivity (Wildman–Crippen MR) is 78.7 cm³/mol. The van der Waals surface area contributed by atoms with E-state index >= 15 is 0 Å². The zero-order valence-electron chi connectivity index (χ0n) is 11.3. The number of hydrogen-bond donors (Lipinski definition) is 1. The van der Waals surface area contributed by atoms with Gasteiger partial charge >= 0.3 is 0 Å². The minimum atomic E-state index is 0.356. The highest BCUT2D eigenvalue weighted by molar-refractivity contribution is 5.91. The Balaban J connectivity index is 1.82. The molecule has 5 heteroatoms. The molecule has 0 amide bonds. The molecule has 2 atom stereocenters. The minimum Gasteiger partial charge on any atom is -0.399 e. The summed E-state index contributed by atoms with van der Waals surface area (Å²) >= 11 is 0. The number of nitrogens with two attached hydrogens (primary N) is 1. The number of ether oxygens (including phenoxy) is 1. The Kier molecular flexibility index (Phi) is 2.73. The zero-order valence-corrected chi connectivity index (χ0v) is 11.3. The van der Waals surface area contributed by atoms with Gasteiger partial charge in [0.1, 0.15) is 12.1 Å². The number of rotatable bonds is 1. The van der Waals surface area contributed by atoms with Crippen LogP contribution in [-0.4, -0.2) is 35.3 Å². The molecule has 2 aromatic rings. The number of aromatic nitrogens is 2. The number of benzene rings is 1. The van der Waals surface area contributed by atoms with Gasteiger partial charge in [0.05, 0.1) is 24.3 Å². The van der Waals surface area contributed by atoms with Gasteiger partial charge in [-0.2, -0.15) is 0 Å². The lowest BCUT2D eigenvalue weighted by atomic mass is 10.1. The van der Waals surface area contributed by atoms with Crippen LogP contribution in [0.5, 0.6) is 0 Å². The minimum absolute atomic E-state index is 0.356. The van der Waals surface area contributed by atoms with Crippen molar-refractivity contribution in [3.05, 3.63) is 24.5 Å². The Hall–Kier alpha value is -1.88. The van der Waals surface area contributed by atoms with Gasteiger partial charge in [0.2, 0.25) is 0 Å². The molecule has 5 nitrogen and oxygen atoms in total. The van der Waals surface area contributed by atoms with Crippen molar-refractivity contribution >= 4 is 22.4 Å². The SMILES string of the molecule is Nc1ccc2ncnc(N3CCOC4CCCC43)c2c1. The average Bonchev–Trinajstić information content (AvgIpc) is 2.95. The summed E-state index contributed by atoms with van der Waals surface area (Å²) in [7, 11) is 0. The van der Waals surface area contributed by atoms with Crippen molar-refractivity contribution in [2.45, 2.75) is 31.4 Å². The molecule has 2 heterocycles. The smallest absolute Gasteiger partial charge is 0.140 e. The van der Waals surface area contributed by atoms with Gasteiger partial charge in [-0.3, -0.25) is 0 Å². The van der Waals surface area contributed by atoms with Crippen molar-refractivity contribution < 1.29 is 4.74 Å². The first kappa shape index (κ1) is 11.9. The fourth-order valence-electron chi connectivity index (χ4n) is 3.48. The summed E-state index contributed by atoms with van der Waals surface area (Å²) in [6.45, 7) is 1.66. The number of morpholine rings is 1. The molecule has 104 valence electrons. The third-order valence-electron chi connectivity index (χ3n) is 4.39. The van der Waals surface area contributed by atoms with Gasteiger partial charge in [-0.05, 0) is 37.5 Å². The molecule has 2 N–H and O–H groups in total. The van der Waals surface area contributed by atoms with Crippen LogP contribution in [0.25, 0.3) is 10.9 Å². The van der Waals surface area contributed by atoms with Crippen molar-refractivity contribution in [3.8, 4) is 0 Å². The quantitative estimate of drug-likeness (QED) is 0.803. The molecular formula is C15H18N4O. The molecule has 1 aliphatic carbocycles. The largest absolute Gasteiger partial charge is 0.399 e. The van der Waals surface area contributed by atoms with E-state index in [-0.39, 0.29) is 0 Å². The first-order chi connectivity index (χ1) is 9.83. The normalized spacial score (nSPS) is 25.9. The first-order valence-corrected chi connectivity index (χ1v) is 7.21. The van der Waals surface area contributed by atoms with Crippen LogP contribution in [0.15, 0.2) is 24.5 Å². The molecule has 1 aliphatic heterocycles. The lowest BCUT2D eigenvalue weighted by molar-refractivity contribution is 0.0254. The Morgan fingerprint density at radius 1 is 1.25 bits per heavy atom. The molecule has 2 fully saturated rings. The maximum atomic E-state index is 5.93. The van der Waals surface area contributed by atoms with Gasteiger partial charge in [-0.1, -0.05) is 0 Å². The molecule has 0 radical (unpaired) electrons. The molecule has 4 rings (SSSR count). The van der Waals surface area contributed by atoms with E-state index in [1.807, 2.05) is 18.2 Å². The molecule has 0 bridgehead atoms. The fraction of sp³-hybridized carbons (Fsp3) is 0.467. The fourth-order valence-corrected chi connectivity index (χ4v) is 3.48. The molecule has 1 aromatic heterocycles. The van der Waals surface area contributed by atoms with Crippen LogP contribution in [0, 0.1) is 0 Å². The van der Waals surface area contributed by atoms with E-state index in [2.05, 4.69) is 14.9 Å². The van der Waals surface area contributed by atoms with Crippen molar-refractivity contribution in [1.82, 2.24) is 9.97 Å². The second-order valence-corrected chi connectivity index (χ2v) is 5.57. The van der Waals surface area contributed by atoms with Gasteiger partial charge in [0.15, 0.2) is 0 Å². The monoisotopic (exact) mass is 270 g/mol. The molecule has 0 spiro atoms. The topological polar surface area (TPSA) is 64.3 Å². The Morgan fingerprint density at radius 3 is 3.15 bits per heavy atom. The Bertz CT molecular complexity index is 645. The average molecular weight is 270 g/mol. The Morgan fingerprint density at radius 2 is 2.20 bits per heavy atom. The lowest BCUT2D eigenvalue weighted by Gasteiger charge is -2.38. The van der Waals surface area contributed by atoms with E-state index in [1.54, 1.807) is 6.33 Å². The van der Waals surface area contributed by atoms with Crippen molar-refractivity contribution in [1.29, 1.82) is 0 Å². The summed E-state index contributed by atoms with van der Waals surface area (Å²) in [5.41, 5.74) is 7.63. The molecule has 1 saturated carbocycles. The van der Waals surface area contributed by atoms with Gasteiger partial charge in [0, 0.05) is 17.6 Å². The highest BCUT2D eigenvalue weighted by Crippen LogP contribution is 2.35. The van der Waals surface area contributed by atoms with Crippen molar-refractivity contribution in [2.24, 2.45) is 0 Å². The van der Waals surface area contributed by atoms with E-state index in [9.17, 15) is 0 Å². The van der Waals surface area contributed by atoms with Crippen LogP contribution in [0.4, 0.5) is 11.5 Å². The number of fused-ring (bicyclic) bond motifs is 2. The molecule has 1 saturated heterocycles. The van der Waals surface area contributed by atoms with E-state index < -0.39 is 0 Å². The molecule has 2 unspecified atom stereocenters. The number of anilines is 2. The maximum absolute atomic E-state index is 5.93. The van der Waals surface area contributed by atoms with Gasteiger partial charge in [-0.15, -0.1) is 0 Å². The van der Waals surface area contributed by atoms with Crippen LogP contribution >= 0.6 is 0 Å². The molecule has 20 heavy (non-hydrogen) atoms. The molecule has 1 aromatic carbocycles. The Labute approximate surface area is 117 Å². The summed E-state index contributed by atoms with van der Waals surface area (Å²) in [4.78, 5) is 11.3. The van der Waals surface area contributed by atoms with Crippen LogP contribution in [0.1, 0.15) is 19.3 Å². The van der Waals surface area contributed by atoms with Crippen LogP contribution < -0.4 is 10.6 Å². The van der Waals surface area contributed by atoms with Gasteiger partial charge in [0.25, 0.3) is 0 Å². The van der Waals surface area contributed by atoms with Gasteiger partial charge in [-0.25, -0.2) is 9.97 Å². The first-order valence-electron chi connectivity index (χ1n) is 7.21. The standard InChI is InChI=1S/C15H18N4O/c16-10-4-5-12-11(8-10)15(18-9-17-12)19-6-7-20-14-3-1-2-13(14)19/h4-5,8-9,13-14H,1-3,6-7,16H2. The third-order valence-corrected chi connectivity index (χ3v) is 4.39. The second kappa shape index (κ2) is 4.59. The van der Waals surface area contributed by atoms with Crippen molar-refractivity contribution in [2.75, 3.05) is 23.8 Å². The predicted octanol–water partition coefficient (Wildman–Crippen LogP) is 1.97. The van der Waals surface area contributed by atoms with E-state index in [0.717, 1.165) is 42.0 Å². The highest BCUT2D eigenvalue weighted by atomic mass is 16.5. The zero-order chi connectivity index (χ0) is 13.5. The molecular weight excluding hydrogens is 252 g/mol. The highest BCUT2D eigenvalue weighted by Gasteiger charge is 2.37. The summed E-state index contributed by atoms with van der Waals surface area (Å²) in [6, 6.07) is 6.27. The van der Waals surface area contributed by atoms with E-state index in [0.29, 0.717) is 12.1 Å². The van der Waals surface area contributed by atoms with E-state index in [1.165, 1.54) is 12.8 Å². The number of nitrogen functional groups attached to an aromatic ring is 1. The number of nitrogens with zero attached hydrogens (tertiary/aromatic N) is 3. The summed E-state index contributed by atoms with van der Waals surface area (Å²) in [5, 5.41) is 1.04. The van der Waals surface area contributed by atoms with Crippen LogP contribution in [-0.2, 0) is 4.74 Å². The number of hydrogen-bond acceptors (Lipinski definition) is 5. The summed E-state index contributed by atoms with van der Waals surface area (Å²) in [5.74, 6) is 1.00. The van der Waals surface area contributed by atoms with Crippen molar-refractivity contribution in [3.63, 3.8) is 0 Å².